The number of rotatable bonds is 5. The van der Waals surface area contributed by atoms with E-state index in [1.807, 2.05) is 13.8 Å². The van der Waals surface area contributed by atoms with E-state index in [0.717, 1.165) is 6.54 Å². The fourth-order valence-electron chi connectivity index (χ4n) is 2.35. The predicted molar refractivity (Wildman–Crippen MR) is 76.6 cm³/mol. The Kier molecular flexibility index (Phi) is 4.96. The van der Waals surface area contributed by atoms with Crippen LogP contribution in [0.5, 0.6) is 5.88 Å². The molecule has 1 fully saturated rings. The van der Waals surface area contributed by atoms with Crippen LogP contribution in [0.3, 0.4) is 0 Å². The summed E-state index contributed by atoms with van der Waals surface area (Å²) in [4.78, 5) is 11.0. The maximum absolute atomic E-state index is 5.57. The van der Waals surface area contributed by atoms with E-state index in [1.54, 1.807) is 12.3 Å². The zero-order chi connectivity index (χ0) is 13.7. The van der Waals surface area contributed by atoms with Gasteiger partial charge in [0.2, 0.25) is 11.8 Å². The zero-order valence-electron chi connectivity index (χ0n) is 12.1. The second kappa shape index (κ2) is 6.70. The Morgan fingerprint density at radius 1 is 1.47 bits per heavy atom. The zero-order valence-corrected chi connectivity index (χ0v) is 12.1. The van der Waals surface area contributed by atoms with Crippen LogP contribution in [0.1, 0.15) is 33.1 Å². The number of likely N-dealkylation sites (tertiary alicyclic amines) is 1. The van der Waals surface area contributed by atoms with Crippen molar-refractivity contribution in [1.82, 2.24) is 14.9 Å². The molecular weight excluding hydrogens is 240 g/mol. The number of ether oxygens (including phenoxy) is 1. The molecule has 1 unspecified atom stereocenters. The molecule has 1 aliphatic heterocycles. The van der Waals surface area contributed by atoms with Gasteiger partial charge in [-0.15, -0.1) is 0 Å². The fraction of sp³-hybridized carbons (Fsp3) is 0.714. The summed E-state index contributed by atoms with van der Waals surface area (Å²) in [6.45, 7) is 6.06. The van der Waals surface area contributed by atoms with Crippen molar-refractivity contribution in [2.45, 2.75) is 45.3 Å². The van der Waals surface area contributed by atoms with Crippen LogP contribution in [0, 0.1) is 0 Å². The molecular formula is C14H24N4O. The van der Waals surface area contributed by atoms with Gasteiger partial charge in [0.1, 0.15) is 0 Å². The Bertz CT molecular complexity index is 397. The second-order valence-corrected chi connectivity index (χ2v) is 5.40. The van der Waals surface area contributed by atoms with Gasteiger partial charge < -0.3 is 15.0 Å². The lowest BCUT2D eigenvalue weighted by atomic mass is 10.0. The first-order valence-corrected chi connectivity index (χ1v) is 7.09. The van der Waals surface area contributed by atoms with E-state index in [-0.39, 0.29) is 6.10 Å². The summed E-state index contributed by atoms with van der Waals surface area (Å²) < 4.78 is 5.57. The van der Waals surface area contributed by atoms with Gasteiger partial charge in [0.15, 0.2) is 0 Å². The van der Waals surface area contributed by atoms with Gasteiger partial charge in [-0.25, -0.2) is 4.98 Å². The molecule has 1 atom stereocenters. The molecule has 1 aliphatic rings. The molecule has 0 bridgehead atoms. The summed E-state index contributed by atoms with van der Waals surface area (Å²) in [6, 6.07) is 2.37. The minimum Gasteiger partial charge on any atom is -0.475 e. The molecule has 0 saturated carbocycles. The van der Waals surface area contributed by atoms with E-state index in [4.69, 9.17) is 4.74 Å². The molecule has 5 heteroatoms. The Morgan fingerprint density at radius 2 is 2.32 bits per heavy atom. The highest BCUT2D eigenvalue weighted by Gasteiger charge is 2.18. The maximum Gasteiger partial charge on any atom is 0.225 e. The molecule has 2 heterocycles. The maximum atomic E-state index is 5.57. The lowest BCUT2D eigenvalue weighted by molar-refractivity contribution is 0.194. The first-order chi connectivity index (χ1) is 9.15. The molecule has 1 saturated heterocycles. The van der Waals surface area contributed by atoms with E-state index >= 15 is 0 Å². The van der Waals surface area contributed by atoms with Crippen LogP contribution in [0.4, 0.5) is 5.95 Å². The van der Waals surface area contributed by atoms with E-state index in [1.165, 1.54) is 25.8 Å². The van der Waals surface area contributed by atoms with Gasteiger partial charge >= 0.3 is 0 Å². The summed E-state index contributed by atoms with van der Waals surface area (Å²) in [7, 11) is 2.19. The van der Waals surface area contributed by atoms with Crippen molar-refractivity contribution in [3.63, 3.8) is 0 Å². The van der Waals surface area contributed by atoms with E-state index in [0.29, 0.717) is 17.9 Å². The first kappa shape index (κ1) is 14.1. The normalized spacial score (nSPS) is 20.5. The minimum absolute atomic E-state index is 0.132. The van der Waals surface area contributed by atoms with Crippen LogP contribution in [-0.4, -0.2) is 47.2 Å². The molecule has 5 nitrogen and oxygen atoms in total. The van der Waals surface area contributed by atoms with Gasteiger partial charge in [0, 0.05) is 24.8 Å². The Hall–Kier alpha value is -1.36. The third kappa shape index (κ3) is 4.35. The molecule has 0 amide bonds. The molecule has 0 radical (unpaired) electrons. The van der Waals surface area contributed by atoms with Gasteiger partial charge in [-0.1, -0.05) is 6.42 Å². The predicted octanol–water partition coefficient (Wildman–Crippen LogP) is 2.16. The van der Waals surface area contributed by atoms with Crippen molar-refractivity contribution < 1.29 is 4.74 Å². The average molecular weight is 264 g/mol. The second-order valence-electron chi connectivity index (χ2n) is 5.40. The molecule has 19 heavy (non-hydrogen) atoms. The molecule has 1 aromatic rings. The van der Waals surface area contributed by atoms with Gasteiger partial charge in [0.05, 0.1) is 6.10 Å². The van der Waals surface area contributed by atoms with Crippen LogP contribution in [-0.2, 0) is 0 Å². The van der Waals surface area contributed by atoms with Gasteiger partial charge in [0.25, 0.3) is 0 Å². The topological polar surface area (TPSA) is 50.3 Å². The molecule has 0 spiro atoms. The summed E-state index contributed by atoms with van der Waals surface area (Å²) in [5.74, 6) is 1.28. The molecule has 0 aliphatic carbocycles. The number of nitrogens with zero attached hydrogens (tertiary/aromatic N) is 3. The highest BCUT2D eigenvalue weighted by molar-refractivity contribution is 5.27. The van der Waals surface area contributed by atoms with Crippen LogP contribution in [0.2, 0.25) is 0 Å². The smallest absolute Gasteiger partial charge is 0.225 e. The molecule has 1 N–H and O–H groups in total. The monoisotopic (exact) mass is 264 g/mol. The first-order valence-electron chi connectivity index (χ1n) is 7.09. The standard InChI is InChI=1S/C14H24N4O/c1-11(2)19-13-7-8-15-14(17-13)16-10-12-6-4-5-9-18(12)3/h7-8,11-12H,4-6,9-10H2,1-3H3,(H,15,16,17). The summed E-state index contributed by atoms with van der Waals surface area (Å²) >= 11 is 0. The number of nitrogens with one attached hydrogen (secondary N) is 1. The highest BCUT2D eigenvalue weighted by atomic mass is 16.5. The number of aromatic nitrogens is 2. The van der Waals surface area contributed by atoms with E-state index in [9.17, 15) is 0 Å². The molecule has 2 rings (SSSR count). The molecule has 0 aromatic carbocycles. The summed E-state index contributed by atoms with van der Waals surface area (Å²) in [5, 5.41) is 3.31. The Balaban J connectivity index is 1.88. The molecule has 106 valence electrons. The van der Waals surface area contributed by atoms with Crippen molar-refractivity contribution in [3.8, 4) is 5.88 Å². The fourth-order valence-corrected chi connectivity index (χ4v) is 2.35. The minimum atomic E-state index is 0.132. The van der Waals surface area contributed by atoms with Crippen molar-refractivity contribution in [2.24, 2.45) is 0 Å². The van der Waals surface area contributed by atoms with Gasteiger partial charge in [-0.05, 0) is 40.3 Å². The van der Waals surface area contributed by atoms with Gasteiger partial charge in [-0.2, -0.15) is 4.98 Å². The Morgan fingerprint density at radius 3 is 3.05 bits per heavy atom. The van der Waals surface area contributed by atoms with Crippen molar-refractivity contribution >= 4 is 5.95 Å². The van der Waals surface area contributed by atoms with Crippen molar-refractivity contribution in [3.05, 3.63) is 12.3 Å². The Labute approximate surface area is 115 Å². The third-order valence-electron chi connectivity index (χ3n) is 3.40. The third-order valence-corrected chi connectivity index (χ3v) is 3.40. The van der Waals surface area contributed by atoms with Crippen LogP contribution in [0.25, 0.3) is 0 Å². The lowest BCUT2D eigenvalue weighted by Crippen LogP contribution is -2.40. The van der Waals surface area contributed by atoms with Crippen LogP contribution < -0.4 is 10.1 Å². The number of piperidine rings is 1. The van der Waals surface area contributed by atoms with E-state index in [2.05, 4.69) is 27.2 Å². The molecule has 1 aromatic heterocycles. The van der Waals surface area contributed by atoms with Crippen LogP contribution in [0.15, 0.2) is 12.3 Å². The van der Waals surface area contributed by atoms with Crippen molar-refractivity contribution in [1.29, 1.82) is 0 Å². The average Bonchev–Trinajstić information content (AvgIpc) is 2.37. The summed E-state index contributed by atoms with van der Waals surface area (Å²) in [6.07, 6.45) is 5.73. The largest absolute Gasteiger partial charge is 0.475 e. The number of anilines is 1. The number of hydrogen-bond acceptors (Lipinski definition) is 5. The van der Waals surface area contributed by atoms with Crippen molar-refractivity contribution in [2.75, 3.05) is 25.5 Å². The van der Waals surface area contributed by atoms with Gasteiger partial charge in [-0.3, -0.25) is 0 Å². The number of likely N-dealkylation sites (N-methyl/N-ethyl adjacent to an activating group) is 1. The SMILES string of the molecule is CC(C)Oc1ccnc(NCC2CCCCN2C)n1. The highest BCUT2D eigenvalue weighted by Crippen LogP contribution is 2.16. The number of hydrogen-bond donors (Lipinski definition) is 1. The lowest BCUT2D eigenvalue weighted by Gasteiger charge is -2.32. The van der Waals surface area contributed by atoms with Crippen LogP contribution >= 0.6 is 0 Å². The summed E-state index contributed by atoms with van der Waals surface area (Å²) in [5.41, 5.74) is 0. The quantitative estimate of drug-likeness (QED) is 0.883. The van der Waals surface area contributed by atoms with E-state index < -0.39 is 0 Å².